The normalized spacial score (nSPS) is 23.5. The van der Waals surface area contributed by atoms with Gasteiger partial charge >= 0.3 is 0 Å². The lowest BCUT2D eigenvalue weighted by Crippen LogP contribution is -2.40. The molecule has 2 heteroatoms. The molecule has 1 fully saturated rings. The molecule has 0 bridgehead atoms. The van der Waals surface area contributed by atoms with Gasteiger partial charge in [0.15, 0.2) is 0 Å². The minimum absolute atomic E-state index is 0.158. The molecule has 94 valence electrons. The van der Waals surface area contributed by atoms with Crippen LogP contribution in [0.15, 0.2) is 30.3 Å². The molecule has 0 spiro atoms. The number of rotatable bonds is 4. The topological polar surface area (TPSA) is 23.5 Å². The molecule has 0 saturated carbocycles. The van der Waals surface area contributed by atoms with Crippen LogP contribution in [-0.2, 0) is 6.42 Å². The molecule has 0 aromatic heterocycles. The van der Waals surface area contributed by atoms with Gasteiger partial charge in [-0.3, -0.25) is 0 Å². The van der Waals surface area contributed by atoms with Gasteiger partial charge in [-0.1, -0.05) is 30.3 Å². The first kappa shape index (κ1) is 12.6. The molecule has 0 aliphatic carbocycles. The van der Waals surface area contributed by atoms with Gasteiger partial charge in [0, 0.05) is 13.1 Å². The molecule has 1 heterocycles. The minimum Gasteiger partial charge on any atom is -0.393 e. The van der Waals surface area contributed by atoms with Crippen molar-refractivity contribution in [2.24, 2.45) is 5.92 Å². The number of piperidine rings is 1. The van der Waals surface area contributed by atoms with E-state index in [2.05, 4.69) is 35.2 Å². The second-order valence-corrected chi connectivity index (χ2v) is 5.18. The highest BCUT2D eigenvalue weighted by Gasteiger charge is 2.22. The van der Waals surface area contributed by atoms with Crippen molar-refractivity contribution in [3.05, 3.63) is 35.9 Å². The highest BCUT2D eigenvalue weighted by atomic mass is 16.3. The predicted octanol–water partition coefficient (Wildman–Crippen LogP) is 2.32. The summed E-state index contributed by atoms with van der Waals surface area (Å²) in [5.74, 6) is 0.472. The Bertz CT molecular complexity index is 323. The van der Waals surface area contributed by atoms with Gasteiger partial charge in [0.25, 0.3) is 0 Å². The van der Waals surface area contributed by atoms with Crippen LogP contribution in [0.1, 0.15) is 25.3 Å². The molecule has 17 heavy (non-hydrogen) atoms. The number of likely N-dealkylation sites (tertiary alicyclic amines) is 1. The SMILES string of the molecule is C[C@H](O)[C@@H]1CCCN(CCc2ccccc2)C1. The Kier molecular flexibility index (Phi) is 4.57. The summed E-state index contributed by atoms with van der Waals surface area (Å²) in [6.45, 7) is 5.29. The molecular formula is C15H23NO. The van der Waals surface area contributed by atoms with Crippen molar-refractivity contribution < 1.29 is 5.11 Å². The van der Waals surface area contributed by atoms with Gasteiger partial charge in [-0.2, -0.15) is 0 Å². The zero-order valence-corrected chi connectivity index (χ0v) is 10.7. The Balaban J connectivity index is 1.79. The van der Waals surface area contributed by atoms with E-state index in [4.69, 9.17) is 0 Å². The molecule has 1 aromatic rings. The maximum absolute atomic E-state index is 9.65. The highest BCUT2D eigenvalue weighted by Crippen LogP contribution is 2.19. The Hall–Kier alpha value is -0.860. The van der Waals surface area contributed by atoms with Crippen LogP contribution in [0.3, 0.4) is 0 Å². The van der Waals surface area contributed by atoms with Crippen LogP contribution in [0, 0.1) is 5.92 Å². The summed E-state index contributed by atoms with van der Waals surface area (Å²) < 4.78 is 0. The Morgan fingerprint density at radius 3 is 2.82 bits per heavy atom. The Morgan fingerprint density at radius 1 is 1.35 bits per heavy atom. The zero-order chi connectivity index (χ0) is 12.1. The van der Waals surface area contributed by atoms with Crippen molar-refractivity contribution in [1.82, 2.24) is 4.90 Å². The van der Waals surface area contributed by atoms with Crippen molar-refractivity contribution in [2.75, 3.05) is 19.6 Å². The first-order valence-corrected chi connectivity index (χ1v) is 6.70. The quantitative estimate of drug-likeness (QED) is 0.862. The van der Waals surface area contributed by atoms with E-state index in [0.717, 1.165) is 19.5 Å². The minimum atomic E-state index is -0.158. The van der Waals surface area contributed by atoms with Crippen LogP contribution in [0.25, 0.3) is 0 Å². The molecular weight excluding hydrogens is 210 g/mol. The standard InChI is InChI=1S/C15H23NO/c1-13(17)15-8-5-10-16(12-15)11-9-14-6-3-2-4-7-14/h2-4,6-7,13,15,17H,5,8-12H2,1H3/t13-,15+/m0/s1. The number of hydrogen-bond donors (Lipinski definition) is 1. The first-order chi connectivity index (χ1) is 8.25. The van der Waals surface area contributed by atoms with Crippen LogP contribution in [-0.4, -0.2) is 35.7 Å². The lowest BCUT2D eigenvalue weighted by molar-refractivity contribution is 0.0634. The van der Waals surface area contributed by atoms with Crippen molar-refractivity contribution in [3.8, 4) is 0 Å². The molecule has 0 amide bonds. The monoisotopic (exact) mass is 233 g/mol. The molecule has 1 aliphatic rings. The van der Waals surface area contributed by atoms with E-state index in [1.807, 2.05) is 6.92 Å². The number of benzene rings is 1. The van der Waals surface area contributed by atoms with Crippen molar-refractivity contribution in [2.45, 2.75) is 32.3 Å². The second kappa shape index (κ2) is 6.18. The molecule has 1 saturated heterocycles. The highest BCUT2D eigenvalue weighted by molar-refractivity contribution is 5.14. The van der Waals surface area contributed by atoms with Crippen LogP contribution >= 0.6 is 0 Å². The van der Waals surface area contributed by atoms with Gasteiger partial charge in [0.2, 0.25) is 0 Å². The van der Waals surface area contributed by atoms with E-state index < -0.39 is 0 Å². The van der Waals surface area contributed by atoms with Gasteiger partial charge in [-0.15, -0.1) is 0 Å². The lowest BCUT2D eigenvalue weighted by Gasteiger charge is -2.34. The summed E-state index contributed by atoms with van der Waals surface area (Å²) in [4.78, 5) is 2.49. The van der Waals surface area contributed by atoms with E-state index in [-0.39, 0.29) is 6.10 Å². The smallest absolute Gasteiger partial charge is 0.0552 e. The maximum atomic E-state index is 9.65. The predicted molar refractivity (Wildman–Crippen MR) is 71.0 cm³/mol. The second-order valence-electron chi connectivity index (χ2n) is 5.18. The molecule has 0 radical (unpaired) electrons. The number of nitrogens with zero attached hydrogens (tertiary/aromatic N) is 1. The zero-order valence-electron chi connectivity index (χ0n) is 10.7. The Morgan fingerprint density at radius 2 is 2.12 bits per heavy atom. The molecule has 1 aromatic carbocycles. The summed E-state index contributed by atoms with van der Waals surface area (Å²) in [6, 6.07) is 10.6. The fourth-order valence-electron chi connectivity index (χ4n) is 2.62. The summed E-state index contributed by atoms with van der Waals surface area (Å²) in [7, 11) is 0. The van der Waals surface area contributed by atoms with Crippen molar-refractivity contribution >= 4 is 0 Å². The summed E-state index contributed by atoms with van der Waals surface area (Å²) in [5.41, 5.74) is 1.41. The number of aliphatic hydroxyl groups is 1. The van der Waals surface area contributed by atoms with Crippen LogP contribution < -0.4 is 0 Å². The lowest BCUT2D eigenvalue weighted by atomic mass is 9.93. The fraction of sp³-hybridized carbons (Fsp3) is 0.600. The van der Waals surface area contributed by atoms with Gasteiger partial charge in [-0.05, 0) is 44.2 Å². The van der Waals surface area contributed by atoms with E-state index in [1.54, 1.807) is 0 Å². The number of hydrogen-bond acceptors (Lipinski definition) is 2. The fourth-order valence-corrected chi connectivity index (χ4v) is 2.62. The largest absolute Gasteiger partial charge is 0.393 e. The average Bonchev–Trinajstić information content (AvgIpc) is 2.38. The van der Waals surface area contributed by atoms with E-state index in [1.165, 1.54) is 24.9 Å². The summed E-state index contributed by atoms with van der Waals surface area (Å²) in [5, 5.41) is 9.65. The third-order valence-electron chi connectivity index (χ3n) is 3.78. The third kappa shape index (κ3) is 3.83. The molecule has 2 rings (SSSR count). The van der Waals surface area contributed by atoms with Crippen molar-refractivity contribution in [3.63, 3.8) is 0 Å². The molecule has 1 N–H and O–H groups in total. The molecule has 2 nitrogen and oxygen atoms in total. The van der Waals surface area contributed by atoms with E-state index in [0.29, 0.717) is 5.92 Å². The molecule has 1 aliphatic heterocycles. The average molecular weight is 233 g/mol. The van der Waals surface area contributed by atoms with Gasteiger partial charge in [0.1, 0.15) is 0 Å². The third-order valence-corrected chi connectivity index (χ3v) is 3.78. The molecule has 2 atom stereocenters. The van der Waals surface area contributed by atoms with Gasteiger partial charge in [-0.25, -0.2) is 0 Å². The summed E-state index contributed by atoms with van der Waals surface area (Å²) >= 11 is 0. The van der Waals surface area contributed by atoms with Crippen molar-refractivity contribution in [1.29, 1.82) is 0 Å². The first-order valence-electron chi connectivity index (χ1n) is 6.70. The Labute approximate surface area is 104 Å². The van der Waals surface area contributed by atoms with E-state index >= 15 is 0 Å². The van der Waals surface area contributed by atoms with Gasteiger partial charge < -0.3 is 10.0 Å². The number of aliphatic hydroxyl groups excluding tert-OH is 1. The van der Waals surface area contributed by atoms with Gasteiger partial charge in [0.05, 0.1) is 6.10 Å². The van der Waals surface area contributed by atoms with E-state index in [9.17, 15) is 5.11 Å². The summed E-state index contributed by atoms with van der Waals surface area (Å²) in [6.07, 6.45) is 3.37. The van der Waals surface area contributed by atoms with Crippen LogP contribution in [0.4, 0.5) is 0 Å². The maximum Gasteiger partial charge on any atom is 0.0552 e. The van der Waals surface area contributed by atoms with Crippen LogP contribution in [0.5, 0.6) is 0 Å². The van der Waals surface area contributed by atoms with Crippen LogP contribution in [0.2, 0.25) is 0 Å². The molecule has 0 unspecified atom stereocenters.